The standard InChI is InChI=1S/C14H19ClN2O/c15-14-7-12(2-1-9(14)8-16)17-10-3-4-11(17)6-13(18)5-10/h1-2,7,10-11,13,18H,3-6,8,16H2. The maximum atomic E-state index is 9.82. The van der Waals surface area contributed by atoms with Gasteiger partial charge in [-0.3, -0.25) is 0 Å². The first-order valence-corrected chi connectivity index (χ1v) is 7.01. The Bertz CT molecular complexity index is 437. The first kappa shape index (κ1) is 12.3. The quantitative estimate of drug-likeness (QED) is 0.864. The van der Waals surface area contributed by atoms with Gasteiger partial charge < -0.3 is 15.7 Å². The molecule has 0 aliphatic carbocycles. The van der Waals surface area contributed by atoms with E-state index in [0.29, 0.717) is 18.6 Å². The zero-order valence-electron chi connectivity index (χ0n) is 10.3. The smallest absolute Gasteiger partial charge is 0.0579 e. The summed E-state index contributed by atoms with van der Waals surface area (Å²) in [6.07, 6.45) is 3.99. The number of halogens is 1. The number of nitrogens with zero attached hydrogens (tertiary/aromatic N) is 1. The van der Waals surface area contributed by atoms with Gasteiger partial charge >= 0.3 is 0 Å². The molecule has 0 spiro atoms. The van der Waals surface area contributed by atoms with E-state index in [4.69, 9.17) is 17.3 Å². The number of hydrogen-bond donors (Lipinski definition) is 2. The van der Waals surface area contributed by atoms with Crippen LogP contribution in [-0.4, -0.2) is 23.3 Å². The fourth-order valence-corrected chi connectivity index (χ4v) is 3.68. The molecule has 1 aromatic rings. The van der Waals surface area contributed by atoms with Crippen molar-refractivity contribution in [2.75, 3.05) is 4.90 Å². The fraction of sp³-hybridized carbons (Fsp3) is 0.571. The van der Waals surface area contributed by atoms with E-state index in [1.807, 2.05) is 12.1 Å². The average Bonchev–Trinajstić information content (AvgIpc) is 2.61. The number of fused-ring (bicyclic) bond motifs is 2. The normalized spacial score (nSPS) is 30.8. The molecule has 1 aromatic carbocycles. The molecule has 0 radical (unpaired) electrons. The zero-order chi connectivity index (χ0) is 12.7. The van der Waals surface area contributed by atoms with Crippen molar-refractivity contribution in [3.05, 3.63) is 28.8 Å². The van der Waals surface area contributed by atoms with E-state index in [2.05, 4.69) is 11.0 Å². The van der Waals surface area contributed by atoms with Crippen LogP contribution in [0, 0.1) is 0 Å². The van der Waals surface area contributed by atoms with Crippen molar-refractivity contribution in [2.45, 2.75) is 50.4 Å². The van der Waals surface area contributed by atoms with Crippen LogP contribution in [0.4, 0.5) is 5.69 Å². The number of aliphatic hydroxyl groups is 1. The van der Waals surface area contributed by atoms with Crippen molar-refractivity contribution in [3.8, 4) is 0 Å². The number of anilines is 1. The summed E-state index contributed by atoms with van der Waals surface area (Å²) in [5.74, 6) is 0. The summed E-state index contributed by atoms with van der Waals surface area (Å²) < 4.78 is 0. The van der Waals surface area contributed by atoms with E-state index in [0.717, 1.165) is 23.4 Å². The number of piperidine rings is 1. The molecule has 2 aliphatic rings. The monoisotopic (exact) mass is 266 g/mol. The molecule has 18 heavy (non-hydrogen) atoms. The van der Waals surface area contributed by atoms with Gasteiger partial charge in [0.1, 0.15) is 0 Å². The average molecular weight is 267 g/mol. The molecule has 3 N–H and O–H groups in total. The van der Waals surface area contributed by atoms with Crippen molar-refractivity contribution in [3.63, 3.8) is 0 Å². The van der Waals surface area contributed by atoms with E-state index in [1.54, 1.807) is 0 Å². The molecule has 0 aromatic heterocycles. The van der Waals surface area contributed by atoms with Crippen molar-refractivity contribution in [1.29, 1.82) is 0 Å². The van der Waals surface area contributed by atoms with Gasteiger partial charge in [0, 0.05) is 29.3 Å². The molecule has 2 heterocycles. The van der Waals surface area contributed by atoms with E-state index in [9.17, 15) is 5.11 Å². The maximum Gasteiger partial charge on any atom is 0.0579 e. The summed E-state index contributed by atoms with van der Waals surface area (Å²) in [5.41, 5.74) is 7.80. The molecule has 2 bridgehead atoms. The Kier molecular flexibility index (Phi) is 3.22. The SMILES string of the molecule is NCc1ccc(N2C3CCC2CC(O)C3)cc1Cl. The molecule has 2 aliphatic heterocycles. The van der Waals surface area contributed by atoms with E-state index < -0.39 is 0 Å². The number of rotatable bonds is 2. The molecular weight excluding hydrogens is 248 g/mol. The highest BCUT2D eigenvalue weighted by Gasteiger charge is 2.40. The van der Waals surface area contributed by atoms with Crippen LogP contribution in [0.3, 0.4) is 0 Å². The van der Waals surface area contributed by atoms with Gasteiger partial charge in [0.25, 0.3) is 0 Å². The Balaban J connectivity index is 1.89. The summed E-state index contributed by atoms with van der Waals surface area (Å²) in [6.45, 7) is 0.477. The predicted molar refractivity (Wildman–Crippen MR) is 73.9 cm³/mol. The van der Waals surface area contributed by atoms with Crippen molar-refractivity contribution < 1.29 is 5.11 Å². The highest BCUT2D eigenvalue weighted by Crippen LogP contribution is 2.40. The van der Waals surface area contributed by atoms with E-state index >= 15 is 0 Å². The third-order valence-corrected chi connectivity index (χ3v) is 4.61. The fourth-order valence-electron chi connectivity index (χ4n) is 3.43. The largest absolute Gasteiger partial charge is 0.393 e. The number of hydrogen-bond acceptors (Lipinski definition) is 3. The maximum absolute atomic E-state index is 9.82. The van der Waals surface area contributed by atoms with Gasteiger partial charge in [-0.15, -0.1) is 0 Å². The van der Waals surface area contributed by atoms with Crippen LogP contribution in [-0.2, 0) is 6.54 Å². The van der Waals surface area contributed by atoms with Crippen molar-refractivity contribution in [2.24, 2.45) is 5.73 Å². The minimum atomic E-state index is -0.127. The molecule has 98 valence electrons. The van der Waals surface area contributed by atoms with E-state index in [-0.39, 0.29) is 6.10 Å². The van der Waals surface area contributed by atoms with Crippen molar-refractivity contribution >= 4 is 17.3 Å². The van der Waals surface area contributed by atoms with Gasteiger partial charge in [-0.2, -0.15) is 0 Å². The van der Waals surface area contributed by atoms with Gasteiger partial charge in [0.15, 0.2) is 0 Å². The molecule has 3 nitrogen and oxygen atoms in total. The lowest BCUT2D eigenvalue weighted by molar-refractivity contribution is 0.126. The lowest BCUT2D eigenvalue weighted by Gasteiger charge is -2.39. The zero-order valence-corrected chi connectivity index (χ0v) is 11.1. The summed E-state index contributed by atoms with van der Waals surface area (Å²) in [4.78, 5) is 2.44. The van der Waals surface area contributed by atoms with Crippen LogP contribution in [0.2, 0.25) is 5.02 Å². The van der Waals surface area contributed by atoms with E-state index in [1.165, 1.54) is 18.5 Å². The third-order valence-electron chi connectivity index (χ3n) is 4.26. The minimum Gasteiger partial charge on any atom is -0.393 e. The molecule has 2 fully saturated rings. The highest BCUT2D eigenvalue weighted by atomic mass is 35.5. The molecule has 0 saturated carbocycles. The highest BCUT2D eigenvalue weighted by molar-refractivity contribution is 6.31. The number of benzene rings is 1. The lowest BCUT2D eigenvalue weighted by atomic mass is 9.99. The second-order valence-electron chi connectivity index (χ2n) is 5.40. The first-order valence-electron chi connectivity index (χ1n) is 6.64. The number of aliphatic hydroxyl groups excluding tert-OH is 1. The summed E-state index contributed by atoms with van der Waals surface area (Å²) in [7, 11) is 0. The molecular formula is C14H19ClN2O. The minimum absolute atomic E-state index is 0.127. The number of nitrogens with two attached hydrogens (primary N) is 1. The van der Waals surface area contributed by atoms with Crippen LogP contribution in [0.5, 0.6) is 0 Å². The van der Waals surface area contributed by atoms with Gasteiger partial charge in [0.05, 0.1) is 6.10 Å². The van der Waals surface area contributed by atoms with Gasteiger partial charge in [0.2, 0.25) is 0 Å². The van der Waals surface area contributed by atoms with Crippen LogP contribution in [0.25, 0.3) is 0 Å². The van der Waals surface area contributed by atoms with Gasteiger partial charge in [-0.25, -0.2) is 0 Å². The summed E-state index contributed by atoms with van der Waals surface area (Å²) in [6, 6.07) is 7.09. The van der Waals surface area contributed by atoms with Gasteiger partial charge in [-0.1, -0.05) is 17.7 Å². The molecule has 2 unspecified atom stereocenters. The van der Waals surface area contributed by atoms with Crippen LogP contribution in [0.15, 0.2) is 18.2 Å². The molecule has 4 heteroatoms. The third kappa shape index (κ3) is 2.00. The Morgan fingerprint density at radius 1 is 1.28 bits per heavy atom. The summed E-state index contributed by atoms with van der Waals surface area (Å²) in [5, 5.41) is 10.6. The Morgan fingerprint density at radius 3 is 2.50 bits per heavy atom. The van der Waals surface area contributed by atoms with Crippen LogP contribution in [0.1, 0.15) is 31.2 Å². The van der Waals surface area contributed by atoms with Gasteiger partial charge in [-0.05, 0) is 43.4 Å². The second-order valence-corrected chi connectivity index (χ2v) is 5.80. The molecule has 2 saturated heterocycles. The predicted octanol–water partition coefficient (Wildman–Crippen LogP) is 2.29. The Labute approximate surface area is 113 Å². The first-order chi connectivity index (χ1) is 8.69. The van der Waals surface area contributed by atoms with Crippen molar-refractivity contribution in [1.82, 2.24) is 0 Å². The van der Waals surface area contributed by atoms with Crippen LogP contribution >= 0.6 is 11.6 Å². The topological polar surface area (TPSA) is 49.5 Å². The molecule has 3 rings (SSSR count). The second kappa shape index (κ2) is 4.72. The van der Waals surface area contributed by atoms with Crippen LogP contribution < -0.4 is 10.6 Å². The Morgan fingerprint density at radius 2 is 1.94 bits per heavy atom. The molecule has 2 atom stereocenters. The molecule has 0 amide bonds. The lowest BCUT2D eigenvalue weighted by Crippen LogP contribution is -2.44. The summed E-state index contributed by atoms with van der Waals surface area (Å²) >= 11 is 6.24. The Hall–Kier alpha value is -0.770.